The summed E-state index contributed by atoms with van der Waals surface area (Å²) >= 11 is 1.45. The van der Waals surface area contributed by atoms with Crippen molar-refractivity contribution >= 4 is 39.1 Å². The van der Waals surface area contributed by atoms with E-state index in [2.05, 4.69) is 4.98 Å². The molecule has 29 heavy (non-hydrogen) atoms. The van der Waals surface area contributed by atoms with E-state index in [1.54, 1.807) is 4.90 Å². The number of aromatic nitrogens is 2. The van der Waals surface area contributed by atoms with Crippen molar-refractivity contribution in [3.8, 4) is 0 Å². The topological polar surface area (TPSA) is 81.5 Å². The second kappa shape index (κ2) is 7.79. The number of esters is 1. The van der Waals surface area contributed by atoms with Crippen LogP contribution in [0.15, 0.2) is 35.4 Å². The average Bonchev–Trinajstić information content (AvgIpc) is 3.02. The number of thiophene rings is 1. The number of amides is 1. The molecule has 150 valence electrons. The first-order valence-electron chi connectivity index (χ1n) is 9.44. The molecule has 1 aliphatic heterocycles. The fourth-order valence-electron chi connectivity index (χ4n) is 3.58. The van der Waals surface area contributed by atoms with Crippen molar-refractivity contribution in [2.24, 2.45) is 0 Å². The smallest absolute Gasteiger partial charge is 0.326 e. The van der Waals surface area contributed by atoms with Gasteiger partial charge in [-0.3, -0.25) is 19.0 Å². The van der Waals surface area contributed by atoms with Gasteiger partial charge in [0.25, 0.3) is 11.5 Å². The Balaban J connectivity index is 1.43. The molecule has 3 aromatic rings. The molecule has 1 aromatic carbocycles. The summed E-state index contributed by atoms with van der Waals surface area (Å²) in [5.74, 6) is -0.910. The van der Waals surface area contributed by atoms with Crippen LogP contribution < -0.4 is 10.5 Å². The van der Waals surface area contributed by atoms with Crippen LogP contribution in [0.5, 0.6) is 0 Å². The quantitative estimate of drug-likeness (QED) is 0.617. The van der Waals surface area contributed by atoms with Crippen molar-refractivity contribution in [3.63, 3.8) is 0 Å². The van der Waals surface area contributed by atoms with Crippen molar-refractivity contribution in [2.45, 2.75) is 33.2 Å². The number of ether oxygens (including phenoxy) is 1. The molecule has 0 saturated heterocycles. The fourth-order valence-corrected chi connectivity index (χ4v) is 4.57. The molecule has 0 aliphatic carbocycles. The number of aryl methyl sites for hydroxylation is 3. The fraction of sp³-hybridized carbons (Fsp3) is 0.333. The van der Waals surface area contributed by atoms with E-state index in [4.69, 9.17) is 4.74 Å². The van der Waals surface area contributed by atoms with Gasteiger partial charge in [0.05, 0.1) is 11.7 Å². The van der Waals surface area contributed by atoms with Gasteiger partial charge in [0.15, 0.2) is 6.61 Å². The lowest BCUT2D eigenvalue weighted by Crippen LogP contribution is -2.38. The van der Waals surface area contributed by atoms with Gasteiger partial charge >= 0.3 is 5.97 Å². The third-order valence-corrected chi connectivity index (χ3v) is 6.34. The zero-order valence-electron chi connectivity index (χ0n) is 16.3. The molecule has 4 rings (SSSR count). The number of anilines is 1. The van der Waals surface area contributed by atoms with Gasteiger partial charge in [-0.1, -0.05) is 18.2 Å². The molecule has 1 aliphatic rings. The van der Waals surface area contributed by atoms with Crippen LogP contribution in [0.3, 0.4) is 0 Å². The van der Waals surface area contributed by atoms with Crippen LogP contribution in [-0.2, 0) is 27.3 Å². The number of carbonyl (C=O) groups excluding carboxylic acids is 2. The molecule has 0 radical (unpaired) electrons. The molecule has 7 nitrogen and oxygen atoms in total. The molecule has 1 amide bonds. The maximum absolute atomic E-state index is 12.7. The second-order valence-electron chi connectivity index (χ2n) is 7.08. The molecule has 0 saturated carbocycles. The van der Waals surface area contributed by atoms with Crippen molar-refractivity contribution < 1.29 is 14.3 Å². The number of carbonyl (C=O) groups is 2. The molecular weight excluding hydrogens is 390 g/mol. The lowest BCUT2D eigenvalue weighted by molar-refractivity contribution is -0.148. The minimum Gasteiger partial charge on any atom is -0.454 e. The largest absolute Gasteiger partial charge is 0.454 e. The van der Waals surface area contributed by atoms with Crippen molar-refractivity contribution in [2.75, 3.05) is 18.1 Å². The van der Waals surface area contributed by atoms with Gasteiger partial charge in [0, 0.05) is 17.1 Å². The lowest BCUT2D eigenvalue weighted by atomic mass is 10.0. The van der Waals surface area contributed by atoms with E-state index in [9.17, 15) is 14.4 Å². The monoisotopic (exact) mass is 411 g/mol. The number of nitrogens with zero attached hydrogens (tertiary/aromatic N) is 3. The Morgan fingerprint density at radius 1 is 1.24 bits per heavy atom. The van der Waals surface area contributed by atoms with Crippen LogP contribution in [0, 0.1) is 13.8 Å². The first-order valence-corrected chi connectivity index (χ1v) is 10.3. The molecule has 3 heterocycles. The Labute approximate surface area is 171 Å². The van der Waals surface area contributed by atoms with Crippen LogP contribution >= 0.6 is 11.3 Å². The van der Waals surface area contributed by atoms with Gasteiger partial charge in [-0.25, -0.2) is 4.98 Å². The van der Waals surface area contributed by atoms with E-state index in [0.29, 0.717) is 16.8 Å². The number of rotatable bonds is 4. The highest BCUT2D eigenvalue weighted by Gasteiger charge is 2.23. The van der Waals surface area contributed by atoms with Gasteiger partial charge in [0.2, 0.25) is 0 Å². The summed E-state index contributed by atoms with van der Waals surface area (Å²) in [7, 11) is 0. The van der Waals surface area contributed by atoms with E-state index >= 15 is 0 Å². The Kier molecular flexibility index (Phi) is 5.19. The normalized spacial score (nSPS) is 13.4. The van der Waals surface area contributed by atoms with E-state index in [1.807, 2.05) is 38.1 Å². The number of fused-ring (bicyclic) bond motifs is 2. The predicted octanol–water partition coefficient (Wildman–Crippen LogP) is 2.60. The van der Waals surface area contributed by atoms with Crippen molar-refractivity contribution in [1.82, 2.24) is 9.55 Å². The third kappa shape index (κ3) is 3.67. The molecule has 2 aromatic heterocycles. The van der Waals surface area contributed by atoms with Crippen LogP contribution in [0.25, 0.3) is 10.2 Å². The summed E-state index contributed by atoms with van der Waals surface area (Å²) < 4.78 is 6.39. The number of hydrogen-bond donors (Lipinski definition) is 0. The van der Waals surface area contributed by atoms with E-state index in [-0.39, 0.29) is 24.6 Å². The first-order chi connectivity index (χ1) is 14.0. The minimum atomic E-state index is -0.642. The summed E-state index contributed by atoms with van der Waals surface area (Å²) in [4.78, 5) is 45.1. The molecular formula is C21H21N3O4S. The number of benzene rings is 1. The molecule has 0 N–H and O–H groups in total. The summed E-state index contributed by atoms with van der Waals surface area (Å²) in [5.41, 5.74) is 2.59. The Hall–Kier alpha value is -3.00. The van der Waals surface area contributed by atoms with Crippen LogP contribution in [0.4, 0.5) is 5.69 Å². The highest BCUT2D eigenvalue weighted by atomic mass is 32.1. The Morgan fingerprint density at radius 2 is 2.03 bits per heavy atom. The van der Waals surface area contributed by atoms with Crippen molar-refractivity contribution in [3.05, 3.63) is 57.0 Å². The third-order valence-electron chi connectivity index (χ3n) is 5.22. The lowest BCUT2D eigenvalue weighted by Gasteiger charge is -2.29. The van der Waals surface area contributed by atoms with E-state index in [0.717, 1.165) is 34.5 Å². The van der Waals surface area contributed by atoms with E-state index < -0.39 is 5.97 Å². The van der Waals surface area contributed by atoms with E-state index in [1.165, 1.54) is 22.2 Å². The van der Waals surface area contributed by atoms with Crippen LogP contribution in [0.2, 0.25) is 0 Å². The van der Waals surface area contributed by atoms with Gasteiger partial charge in [0.1, 0.15) is 11.4 Å². The summed E-state index contributed by atoms with van der Waals surface area (Å²) in [5, 5.41) is 0.531. The average molecular weight is 411 g/mol. The predicted molar refractivity (Wildman–Crippen MR) is 111 cm³/mol. The Bertz CT molecular complexity index is 1160. The first kappa shape index (κ1) is 19.3. The van der Waals surface area contributed by atoms with Crippen LogP contribution in [-0.4, -0.2) is 34.6 Å². The molecule has 8 heteroatoms. The molecule has 0 fully saturated rings. The molecule has 0 unspecified atom stereocenters. The Morgan fingerprint density at radius 3 is 2.86 bits per heavy atom. The SMILES string of the molecule is Cc1sc2ncn(CC(=O)OCC(=O)N3CCCc4ccccc43)c(=O)c2c1C. The van der Waals surface area contributed by atoms with Gasteiger partial charge in [-0.15, -0.1) is 11.3 Å². The molecule has 0 spiro atoms. The maximum Gasteiger partial charge on any atom is 0.326 e. The molecule has 0 bridgehead atoms. The minimum absolute atomic E-state index is 0.268. The zero-order chi connectivity index (χ0) is 20.5. The summed E-state index contributed by atoms with van der Waals surface area (Å²) in [6.45, 7) is 3.78. The maximum atomic E-state index is 12.7. The summed E-state index contributed by atoms with van der Waals surface area (Å²) in [6, 6.07) is 7.75. The number of hydrogen-bond acceptors (Lipinski definition) is 6. The van der Waals surface area contributed by atoms with Gasteiger partial charge in [-0.05, 0) is 43.9 Å². The van der Waals surface area contributed by atoms with Crippen LogP contribution in [0.1, 0.15) is 22.4 Å². The second-order valence-corrected chi connectivity index (χ2v) is 8.28. The number of para-hydroxylation sites is 1. The van der Waals surface area contributed by atoms with Gasteiger partial charge < -0.3 is 9.64 Å². The highest BCUT2D eigenvalue weighted by molar-refractivity contribution is 7.18. The highest BCUT2D eigenvalue weighted by Crippen LogP contribution is 2.27. The molecule has 0 atom stereocenters. The van der Waals surface area contributed by atoms with Gasteiger partial charge in [-0.2, -0.15) is 0 Å². The zero-order valence-corrected chi connectivity index (χ0v) is 17.1. The standard InChI is InChI=1S/C21H21N3O4S/c1-13-14(2)29-20-19(13)21(27)23(12-22-20)10-18(26)28-11-17(25)24-9-5-7-15-6-3-4-8-16(15)24/h3-4,6,8,12H,5,7,9-11H2,1-2H3. The van der Waals surface area contributed by atoms with Crippen molar-refractivity contribution in [1.29, 1.82) is 0 Å². The summed E-state index contributed by atoms with van der Waals surface area (Å²) in [6.07, 6.45) is 3.15.